The Labute approximate surface area is 192 Å². The zero-order valence-corrected chi connectivity index (χ0v) is 18.8. The summed E-state index contributed by atoms with van der Waals surface area (Å²) >= 11 is 0. The van der Waals surface area contributed by atoms with Crippen molar-refractivity contribution < 1.29 is 14.3 Å². The maximum Gasteiger partial charge on any atom is 0.337 e. The molecule has 0 radical (unpaired) electrons. The largest absolute Gasteiger partial charge is 0.465 e. The summed E-state index contributed by atoms with van der Waals surface area (Å²) in [5.41, 5.74) is 12.2. The van der Waals surface area contributed by atoms with E-state index in [4.69, 9.17) is 10.5 Å². The van der Waals surface area contributed by atoms with Crippen LogP contribution in [0.1, 0.15) is 43.8 Å². The number of ether oxygens (including phenoxy) is 1. The Bertz CT molecular complexity index is 1290. The third kappa shape index (κ3) is 4.90. The molecule has 4 rings (SSSR count). The zero-order chi connectivity index (χ0) is 23.4. The van der Waals surface area contributed by atoms with E-state index in [2.05, 4.69) is 10.3 Å². The predicted octanol–water partition coefficient (Wildman–Crippen LogP) is 5.27. The first kappa shape index (κ1) is 22.1. The molecule has 0 fully saturated rings. The summed E-state index contributed by atoms with van der Waals surface area (Å²) in [6.45, 7) is 1.98. The summed E-state index contributed by atoms with van der Waals surface area (Å²) in [5.74, 6) is -0.184. The second-order valence-electron chi connectivity index (χ2n) is 8.10. The van der Waals surface area contributed by atoms with E-state index in [1.165, 1.54) is 18.2 Å². The molecule has 0 unspecified atom stereocenters. The number of esters is 1. The van der Waals surface area contributed by atoms with Gasteiger partial charge in [0, 0.05) is 11.1 Å². The van der Waals surface area contributed by atoms with Gasteiger partial charge in [-0.3, -0.25) is 4.79 Å². The lowest BCUT2D eigenvalue weighted by Gasteiger charge is -2.08. The average molecular weight is 442 g/mol. The number of para-hydroxylation sites is 1. The van der Waals surface area contributed by atoms with Gasteiger partial charge in [-0.1, -0.05) is 42.5 Å². The van der Waals surface area contributed by atoms with E-state index in [-0.39, 0.29) is 11.9 Å². The number of amides is 1. The molecule has 4 N–H and O–H groups in total. The number of hydrogen-bond acceptors (Lipinski definition) is 4. The first-order valence-corrected chi connectivity index (χ1v) is 10.9. The van der Waals surface area contributed by atoms with Crippen molar-refractivity contribution >= 4 is 34.3 Å². The number of aryl methyl sites for hydroxylation is 3. The van der Waals surface area contributed by atoms with E-state index in [1.807, 2.05) is 61.5 Å². The molecule has 0 aliphatic heterocycles. The monoisotopic (exact) mass is 441 g/mol. The average Bonchev–Trinajstić information content (AvgIpc) is 3.17. The Kier molecular flexibility index (Phi) is 6.45. The minimum Gasteiger partial charge on any atom is -0.465 e. The summed E-state index contributed by atoms with van der Waals surface area (Å²) in [4.78, 5) is 27.5. The molecule has 0 atom stereocenters. The maximum absolute atomic E-state index is 12.9. The fourth-order valence-corrected chi connectivity index (χ4v) is 4.00. The summed E-state index contributed by atoms with van der Waals surface area (Å²) in [6, 6.07) is 21.2. The molecular weight excluding hydrogens is 414 g/mol. The van der Waals surface area contributed by atoms with Crippen LogP contribution in [-0.2, 0) is 17.6 Å². The zero-order valence-electron chi connectivity index (χ0n) is 18.8. The van der Waals surface area contributed by atoms with Crippen molar-refractivity contribution in [3.63, 3.8) is 0 Å². The topological polar surface area (TPSA) is 97.2 Å². The number of aromatic amines is 1. The van der Waals surface area contributed by atoms with Crippen molar-refractivity contribution in [3.05, 3.63) is 94.5 Å². The third-order valence-corrected chi connectivity index (χ3v) is 5.82. The van der Waals surface area contributed by atoms with Crippen molar-refractivity contribution in [1.82, 2.24) is 4.98 Å². The predicted molar refractivity (Wildman–Crippen MR) is 132 cm³/mol. The van der Waals surface area contributed by atoms with E-state index in [0.717, 1.165) is 41.4 Å². The van der Waals surface area contributed by atoms with Gasteiger partial charge in [0.25, 0.3) is 5.91 Å². The Balaban J connectivity index is 1.34. The standard InChI is InChI=1S/C27H27N3O3/c1-17-5-3-8-22-23(25(28)30-24(17)22)26(31)29-21-15-11-19(12-16-21)7-4-6-18-9-13-20(14-10-18)27(32)33-2/h3,5,8-16,30H,4,6-7,28H2,1-2H3,(H,29,31). The molecule has 1 heterocycles. The highest BCUT2D eigenvalue weighted by molar-refractivity contribution is 6.16. The lowest BCUT2D eigenvalue weighted by Crippen LogP contribution is -2.13. The van der Waals surface area contributed by atoms with E-state index >= 15 is 0 Å². The number of nitrogens with two attached hydrogens (primary N) is 1. The van der Waals surface area contributed by atoms with Crippen molar-refractivity contribution in [1.29, 1.82) is 0 Å². The molecule has 1 aromatic heterocycles. The summed E-state index contributed by atoms with van der Waals surface area (Å²) in [5, 5.41) is 3.77. The Morgan fingerprint density at radius 3 is 2.21 bits per heavy atom. The van der Waals surface area contributed by atoms with Crippen LogP contribution in [0.25, 0.3) is 10.9 Å². The van der Waals surface area contributed by atoms with Crippen LogP contribution in [0.3, 0.4) is 0 Å². The number of nitrogen functional groups attached to an aromatic ring is 1. The number of aromatic nitrogens is 1. The van der Waals surface area contributed by atoms with Gasteiger partial charge >= 0.3 is 5.97 Å². The van der Waals surface area contributed by atoms with Gasteiger partial charge in [0.15, 0.2) is 0 Å². The maximum atomic E-state index is 12.9. The van der Waals surface area contributed by atoms with Crippen LogP contribution in [0.15, 0.2) is 66.7 Å². The van der Waals surface area contributed by atoms with E-state index in [0.29, 0.717) is 16.9 Å². The number of anilines is 2. The van der Waals surface area contributed by atoms with Crippen LogP contribution in [0, 0.1) is 6.92 Å². The molecule has 0 saturated carbocycles. The first-order chi connectivity index (χ1) is 16.0. The molecule has 0 aliphatic rings. The van der Waals surface area contributed by atoms with Gasteiger partial charge in [-0.25, -0.2) is 4.79 Å². The Morgan fingerprint density at radius 2 is 1.58 bits per heavy atom. The minimum atomic E-state index is -0.323. The van der Waals surface area contributed by atoms with Gasteiger partial charge in [0.05, 0.1) is 23.8 Å². The van der Waals surface area contributed by atoms with Crippen LogP contribution in [0.5, 0.6) is 0 Å². The highest BCUT2D eigenvalue weighted by Crippen LogP contribution is 2.27. The minimum absolute atomic E-state index is 0.229. The molecule has 0 aliphatic carbocycles. The van der Waals surface area contributed by atoms with Crippen molar-refractivity contribution in [3.8, 4) is 0 Å². The second kappa shape index (κ2) is 9.61. The van der Waals surface area contributed by atoms with E-state index in [9.17, 15) is 9.59 Å². The fraction of sp³-hybridized carbons (Fsp3) is 0.185. The number of methoxy groups -OCH3 is 1. The highest BCUT2D eigenvalue weighted by atomic mass is 16.5. The van der Waals surface area contributed by atoms with E-state index < -0.39 is 0 Å². The molecule has 0 bridgehead atoms. The molecule has 33 heavy (non-hydrogen) atoms. The third-order valence-electron chi connectivity index (χ3n) is 5.82. The van der Waals surface area contributed by atoms with Gasteiger partial charge in [0.1, 0.15) is 5.82 Å². The number of benzene rings is 3. The second-order valence-corrected chi connectivity index (χ2v) is 8.10. The van der Waals surface area contributed by atoms with Gasteiger partial charge in [0.2, 0.25) is 0 Å². The van der Waals surface area contributed by atoms with Crippen LogP contribution >= 0.6 is 0 Å². The van der Waals surface area contributed by atoms with Crippen LogP contribution < -0.4 is 11.1 Å². The van der Waals surface area contributed by atoms with Gasteiger partial charge in [-0.2, -0.15) is 0 Å². The smallest absolute Gasteiger partial charge is 0.337 e. The molecule has 3 aromatic carbocycles. The summed E-state index contributed by atoms with van der Waals surface area (Å²) in [7, 11) is 1.38. The molecule has 1 amide bonds. The lowest BCUT2D eigenvalue weighted by atomic mass is 10.0. The number of hydrogen-bond donors (Lipinski definition) is 3. The van der Waals surface area contributed by atoms with E-state index in [1.54, 1.807) is 12.1 Å². The van der Waals surface area contributed by atoms with Gasteiger partial charge < -0.3 is 20.8 Å². The van der Waals surface area contributed by atoms with Crippen molar-refractivity contribution in [2.75, 3.05) is 18.2 Å². The molecule has 6 heteroatoms. The van der Waals surface area contributed by atoms with Crippen LogP contribution in [0.2, 0.25) is 0 Å². The first-order valence-electron chi connectivity index (χ1n) is 10.9. The molecule has 4 aromatic rings. The SMILES string of the molecule is COC(=O)c1ccc(CCCc2ccc(NC(=O)c3c(N)[nH]c4c(C)cccc34)cc2)cc1. The van der Waals surface area contributed by atoms with Crippen molar-refractivity contribution in [2.24, 2.45) is 0 Å². The number of fused-ring (bicyclic) bond motifs is 1. The van der Waals surface area contributed by atoms with Crippen LogP contribution in [0.4, 0.5) is 11.5 Å². The van der Waals surface area contributed by atoms with Crippen molar-refractivity contribution in [2.45, 2.75) is 26.2 Å². The fourth-order valence-electron chi connectivity index (χ4n) is 4.00. The number of rotatable bonds is 7. The summed E-state index contributed by atoms with van der Waals surface area (Å²) in [6.07, 6.45) is 2.81. The number of nitrogens with one attached hydrogen (secondary N) is 2. The van der Waals surface area contributed by atoms with Crippen LogP contribution in [-0.4, -0.2) is 24.0 Å². The van der Waals surface area contributed by atoms with Gasteiger partial charge in [-0.15, -0.1) is 0 Å². The molecule has 0 spiro atoms. The number of H-pyrrole nitrogens is 1. The Hall–Kier alpha value is -4.06. The molecule has 6 nitrogen and oxygen atoms in total. The molecular formula is C27H27N3O3. The summed E-state index contributed by atoms with van der Waals surface area (Å²) < 4.78 is 4.73. The lowest BCUT2D eigenvalue weighted by molar-refractivity contribution is 0.0600. The molecule has 0 saturated heterocycles. The number of carbonyl (C=O) groups is 2. The Morgan fingerprint density at radius 1 is 0.939 bits per heavy atom. The molecule has 168 valence electrons. The number of carbonyl (C=O) groups excluding carboxylic acids is 2. The quantitative estimate of drug-likeness (QED) is 0.340. The normalized spacial score (nSPS) is 10.8. The van der Waals surface area contributed by atoms with Gasteiger partial charge in [-0.05, 0) is 67.1 Å². The highest BCUT2D eigenvalue weighted by Gasteiger charge is 2.17.